The van der Waals surface area contributed by atoms with Crippen molar-refractivity contribution in [3.05, 3.63) is 23.9 Å². The minimum absolute atomic E-state index is 0.0234. The van der Waals surface area contributed by atoms with E-state index in [0.717, 1.165) is 12.0 Å². The lowest BCUT2D eigenvalue weighted by Gasteiger charge is -2.13. The maximum Gasteiger partial charge on any atom is 0.218 e. The monoisotopic (exact) mass is 180 g/mol. The van der Waals surface area contributed by atoms with Gasteiger partial charge >= 0.3 is 0 Å². The average molecular weight is 180 g/mol. The number of nitrogens with zero attached hydrogens (tertiary/aromatic N) is 1. The summed E-state index contributed by atoms with van der Waals surface area (Å²) in [7, 11) is 0. The van der Waals surface area contributed by atoms with Gasteiger partial charge in [-0.3, -0.25) is 0 Å². The molecule has 3 nitrogen and oxygen atoms in total. The molecular weight excluding hydrogens is 164 g/mol. The van der Waals surface area contributed by atoms with Gasteiger partial charge < -0.3 is 10.5 Å². The molecule has 0 fully saturated rings. The Balaban J connectivity index is 2.90. The van der Waals surface area contributed by atoms with Gasteiger partial charge in [0.05, 0.1) is 6.61 Å². The van der Waals surface area contributed by atoms with Gasteiger partial charge in [0.2, 0.25) is 5.88 Å². The maximum atomic E-state index is 5.91. The molecule has 1 rings (SSSR count). The third-order valence-electron chi connectivity index (χ3n) is 1.92. The van der Waals surface area contributed by atoms with E-state index in [1.165, 1.54) is 0 Å². The number of nitrogens with two attached hydrogens (primary N) is 1. The fourth-order valence-electron chi connectivity index (χ4n) is 1.16. The van der Waals surface area contributed by atoms with E-state index in [0.29, 0.717) is 12.5 Å². The van der Waals surface area contributed by atoms with Crippen molar-refractivity contribution in [1.82, 2.24) is 4.98 Å². The molecule has 0 amide bonds. The third kappa shape index (κ3) is 2.42. The number of ether oxygens (including phenoxy) is 1. The highest BCUT2D eigenvalue weighted by Gasteiger charge is 2.10. The second kappa shape index (κ2) is 4.82. The van der Waals surface area contributed by atoms with Crippen molar-refractivity contribution in [1.29, 1.82) is 0 Å². The first kappa shape index (κ1) is 9.99. The summed E-state index contributed by atoms with van der Waals surface area (Å²) in [5.41, 5.74) is 6.90. The molecule has 13 heavy (non-hydrogen) atoms. The van der Waals surface area contributed by atoms with Crippen molar-refractivity contribution in [2.45, 2.75) is 26.3 Å². The minimum atomic E-state index is 0.0234. The largest absolute Gasteiger partial charge is 0.478 e. The maximum absolute atomic E-state index is 5.91. The van der Waals surface area contributed by atoms with Crippen LogP contribution in [0.15, 0.2) is 18.3 Å². The van der Waals surface area contributed by atoms with Crippen molar-refractivity contribution in [3.8, 4) is 5.88 Å². The zero-order valence-electron chi connectivity index (χ0n) is 8.16. The molecule has 0 spiro atoms. The highest BCUT2D eigenvalue weighted by molar-refractivity contribution is 5.28. The highest BCUT2D eigenvalue weighted by atomic mass is 16.5. The van der Waals surface area contributed by atoms with Gasteiger partial charge in [-0.25, -0.2) is 4.98 Å². The molecule has 2 N–H and O–H groups in total. The van der Waals surface area contributed by atoms with Crippen molar-refractivity contribution < 1.29 is 4.74 Å². The van der Waals surface area contributed by atoms with E-state index in [2.05, 4.69) is 4.98 Å². The minimum Gasteiger partial charge on any atom is -0.478 e. The molecule has 1 heterocycles. The van der Waals surface area contributed by atoms with Crippen LogP contribution in [-0.4, -0.2) is 11.6 Å². The van der Waals surface area contributed by atoms with Crippen LogP contribution in [0, 0.1) is 0 Å². The van der Waals surface area contributed by atoms with E-state index in [-0.39, 0.29) is 6.04 Å². The predicted octanol–water partition coefficient (Wildman–Crippen LogP) is 1.89. The molecule has 1 atom stereocenters. The van der Waals surface area contributed by atoms with Gasteiger partial charge in [0.25, 0.3) is 0 Å². The summed E-state index contributed by atoms with van der Waals surface area (Å²) >= 11 is 0. The lowest BCUT2D eigenvalue weighted by atomic mass is 10.1. The summed E-state index contributed by atoms with van der Waals surface area (Å²) < 4.78 is 5.37. The Morgan fingerprint density at radius 3 is 2.92 bits per heavy atom. The summed E-state index contributed by atoms with van der Waals surface area (Å²) in [6, 6.07) is 3.87. The van der Waals surface area contributed by atoms with Crippen LogP contribution in [0.3, 0.4) is 0 Å². The number of rotatable bonds is 4. The molecule has 0 bridgehead atoms. The van der Waals surface area contributed by atoms with Gasteiger partial charge in [-0.2, -0.15) is 0 Å². The van der Waals surface area contributed by atoms with Gasteiger partial charge in [-0.05, 0) is 19.4 Å². The van der Waals surface area contributed by atoms with Crippen LogP contribution in [0.1, 0.15) is 31.9 Å². The molecule has 0 aromatic carbocycles. The van der Waals surface area contributed by atoms with Crippen LogP contribution in [0.5, 0.6) is 5.88 Å². The molecule has 3 heteroatoms. The third-order valence-corrected chi connectivity index (χ3v) is 1.92. The number of hydrogen-bond donors (Lipinski definition) is 1. The van der Waals surface area contributed by atoms with Gasteiger partial charge in [-0.15, -0.1) is 0 Å². The molecule has 0 saturated carbocycles. The summed E-state index contributed by atoms with van der Waals surface area (Å²) in [4.78, 5) is 4.14. The molecule has 0 aliphatic rings. The molecule has 1 aromatic heterocycles. The van der Waals surface area contributed by atoms with Crippen LogP contribution in [0.25, 0.3) is 0 Å². The Bertz CT molecular complexity index is 263. The molecule has 72 valence electrons. The quantitative estimate of drug-likeness (QED) is 0.769. The van der Waals surface area contributed by atoms with Crippen molar-refractivity contribution in [2.75, 3.05) is 6.61 Å². The molecule has 0 unspecified atom stereocenters. The van der Waals surface area contributed by atoms with Crippen LogP contribution < -0.4 is 10.5 Å². The SMILES string of the molecule is CCOc1ncccc1[C@@H](N)CC. The number of hydrogen-bond acceptors (Lipinski definition) is 3. The first-order chi connectivity index (χ1) is 6.29. The lowest BCUT2D eigenvalue weighted by Crippen LogP contribution is -2.11. The highest BCUT2D eigenvalue weighted by Crippen LogP contribution is 2.22. The smallest absolute Gasteiger partial charge is 0.218 e. The normalized spacial score (nSPS) is 12.5. The Morgan fingerprint density at radius 1 is 1.54 bits per heavy atom. The fourth-order valence-corrected chi connectivity index (χ4v) is 1.16. The first-order valence-electron chi connectivity index (χ1n) is 4.62. The van der Waals surface area contributed by atoms with E-state index in [1.54, 1.807) is 6.20 Å². The van der Waals surface area contributed by atoms with Crippen molar-refractivity contribution in [2.24, 2.45) is 5.73 Å². The van der Waals surface area contributed by atoms with Gasteiger partial charge in [-0.1, -0.05) is 13.0 Å². The zero-order chi connectivity index (χ0) is 9.68. The summed E-state index contributed by atoms with van der Waals surface area (Å²) in [5, 5.41) is 0. The first-order valence-corrected chi connectivity index (χ1v) is 4.62. The Kier molecular flexibility index (Phi) is 3.71. The van der Waals surface area contributed by atoms with Gasteiger partial charge in [0, 0.05) is 17.8 Å². The van der Waals surface area contributed by atoms with E-state index in [4.69, 9.17) is 10.5 Å². The molecule has 1 aromatic rings. The lowest BCUT2D eigenvalue weighted by molar-refractivity contribution is 0.320. The van der Waals surface area contributed by atoms with E-state index < -0.39 is 0 Å². The summed E-state index contributed by atoms with van der Waals surface area (Å²) in [6.07, 6.45) is 2.61. The van der Waals surface area contributed by atoms with Crippen LogP contribution in [0.2, 0.25) is 0 Å². The van der Waals surface area contributed by atoms with Crippen molar-refractivity contribution >= 4 is 0 Å². The second-order valence-electron chi connectivity index (χ2n) is 2.85. The Morgan fingerprint density at radius 2 is 2.31 bits per heavy atom. The van der Waals surface area contributed by atoms with E-state index in [1.807, 2.05) is 26.0 Å². The van der Waals surface area contributed by atoms with Crippen LogP contribution in [-0.2, 0) is 0 Å². The van der Waals surface area contributed by atoms with Crippen molar-refractivity contribution in [3.63, 3.8) is 0 Å². The summed E-state index contributed by atoms with van der Waals surface area (Å²) in [6.45, 7) is 4.61. The Hall–Kier alpha value is -1.09. The summed E-state index contributed by atoms with van der Waals surface area (Å²) in [5.74, 6) is 0.666. The van der Waals surface area contributed by atoms with E-state index >= 15 is 0 Å². The standard InChI is InChI=1S/C10H16N2O/c1-3-9(11)8-6-5-7-12-10(8)13-4-2/h5-7,9H,3-4,11H2,1-2H3/t9-/m0/s1. The predicted molar refractivity (Wildman–Crippen MR) is 52.6 cm³/mol. The fraction of sp³-hybridized carbons (Fsp3) is 0.500. The van der Waals surface area contributed by atoms with Gasteiger partial charge in [0.15, 0.2) is 0 Å². The molecule has 0 aliphatic carbocycles. The zero-order valence-corrected chi connectivity index (χ0v) is 8.16. The molecule has 0 aliphatic heterocycles. The topological polar surface area (TPSA) is 48.1 Å². The van der Waals surface area contributed by atoms with Crippen LogP contribution in [0.4, 0.5) is 0 Å². The molecular formula is C10H16N2O. The molecule has 0 radical (unpaired) electrons. The second-order valence-corrected chi connectivity index (χ2v) is 2.85. The van der Waals surface area contributed by atoms with Gasteiger partial charge in [0.1, 0.15) is 0 Å². The molecule has 0 saturated heterocycles. The number of aromatic nitrogens is 1. The van der Waals surface area contributed by atoms with Crippen LogP contribution >= 0.6 is 0 Å². The van der Waals surface area contributed by atoms with E-state index in [9.17, 15) is 0 Å². The number of pyridine rings is 1. The Labute approximate surface area is 78.9 Å². The average Bonchev–Trinajstić information content (AvgIpc) is 2.18.